The van der Waals surface area contributed by atoms with Gasteiger partial charge in [0.25, 0.3) is 11.8 Å². The van der Waals surface area contributed by atoms with Crippen molar-refractivity contribution in [2.24, 2.45) is 0 Å². The summed E-state index contributed by atoms with van der Waals surface area (Å²) in [7, 11) is 5.58. The Hall–Kier alpha value is -3.13. The van der Waals surface area contributed by atoms with Gasteiger partial charge in [0.15, 0.2) is 0 Å². The molecule has 4 rings (SSSR count). The second kappa shape index (κ2) is 10.4. The number of hydrogen-bond donors (Lipinski definition) is 2. The molecule has 2 unspecified atom stereocenters. The maximum atomic E-state index is 13.0. The van der Waals surface area contributed by atoms with E-state index in [1.54, 1.807) is 13.3 Å². The van der Waals surface area contributed by atoms with Crippen LogP contribution in [0.5, 0.6) is 5.75 Å². The number of fused-ring (bicyclic) bond motifs is 2. The lowest BCUT2D eigenvalue weighted by Crippen LogP contribution is -2.50. The van der Waals surface area contributed by atoms with Crippen molar-refractivity contribution >= 4 is 17.6 Å². The van der Waals surface area contributed by atoms with Crippen LogP contribution in [-0.4, -0.2) is 74.1 Å². The Balaban J connectivity index is 1.37. The van der Waals surface area contributed by atoms with Gasteiger partial charge in [-0.1, -0.05) is 6.07 Å². The average molecular weight is 466 g/mol. The molecular formula is C26H35N5O3. The normalized spacial score (nSPS) is 21.4. The second-order valence-electron chi connectivity index (χ2n) is 9.53. The van der Waals surface area contributed by atoms with E-state index in [0.717, 1.165) is 49.4 Å². The highest BCUT2D eigenvalue weighted by Gasteiger charge is 2.41. The lowest BCUT2D eigenvalue weighted by Gasteiger charge is -2.40. The van der Waals surface area contributed by atoms with Crippen LogP contribution >= 0.6 is 0 Å². The summed E-state index contributed by atoms with van der Waals surface area (Å²) in [5, 5.41) is 6.18. The van der Waals surface area contributed by atoms with Crippen molar-refractivity contribution in [2.75, 3.05) is 39.2 Å². The highest BCUT2D eigenvalue weighted by Crippen LogP contribution is 2.38. The third kappa shape index (κ3) is 5.17. The molecule has 34 heavy (non-hydrogen) atoms. The van der Waals surface area contributed by atoms with Crippen LogP contribution in [0.25, 0.3) is 0 Å². The average Bonchev–Trinajstić information content (AvgIpc) is 3.09. The number of anilines is 1. The molecule has 2 aliphatic rings. The van der Waals surface area contributed by atoms with Crippen LogP contribution in [0.3, 0.4) is 0 Å². The summed E-state index contributed by atoms with van der Waals surface area (Å²) in [5.41, 5.74) is 2.10. The molecule has 2 fully saturated rings. The van der Waals surface area contributed by atoms with E-state index in [0.29, 0.717) is 29.8 Å². The van der Waals surface area contributed by atoms with Gasteiger partial charge >= 0.3 is 0 Å². The second-order valence-corrected chi connectivity index (χ2v) is 9.53. The first-order valence-corrected chi connectivity index (χ1v) is 12.0. The van der Waals surface area contributed by atoms with Gasteiger partial charge in [-0.15, -0.1) is 0 Å². The van der Waals surface area contributed by atoms with Crippen molar-refractivity contribution in [3.63, 3.8) is 0 Å². The van der Waals surface area contributed by atoms with Crippen LogP contribution in [0, 0.1) is 6.92 Å². The van der Waals surface area contributed by atoms with Gasteiger partial charge in [-0.2, -0.15) is 0 Å². The number of aromatic nitrogens is 1. The molecule has 8 heteroatoms. The number of hydrogen-bond acceptors (Lipinski definition) is 6. The standard InChI is InChI=1S/C26H35N5O3/c1-17-22(6-5-7-23(17)34-4)26(33)29-19-14-20-9-10-21(15-19)31(20)24-11-8-18(16-28-24)25(32)27-12-13-30(2)3/h5-8,11,16,19-21H,9-10,12-15H2,1-4H3,(H,27,32)(H,29,33). The Bertz CT molecular complexity index is 1010. The molecule has 2 amide bonds. The molecule has 0 radical (unpaired) electrons. The zero-order chi connectivity index (χ0) is 24.2. The SMILES string of the molecule is COc1cccc(C(=O)NC2CC3CCC(C2)N3c2ccc(C(=O)NCCN(C)C)cn2)c1C. The first-order chi connectivity index (χ1) is 16.4. The zero-order valence-electron chi connectivity index (χ0n) is 20.5. The van der Waals surface area contributed by atoms with Crippen molar-refractivity contribution in [2.45, 2.75) is 50.7 Å². The molecule has 2 aliphatic heterocycles. The van der Waals surface area contributed by atoms with Crippen LogP contribution in [-0.2, 0) is 0 Å². The molecule has 0 spiro atoms. The molecule has 8 nitrogen and oxygen atoms in total. The number of likely N-dealkylation sites (N-methyl/N-ethyl adjacent to an activating group) is 1. The summed E-state index contributed by atoms with van der Waals surface area (Å²) in [6.07, 6.45) is 5.62. The number of amides is 2. The van der Waals surface area contributed by atoms with E-state index in [9.17, 15) is 9.59 Å². The monoisotopic (exact) mass is 465 g/mol. The predicted octanol–water partition coefficient (Wildman–Crippen LogP) is 2.62. The number of pyridine rings is 1. The Morgan fingerprint density at radius 3 is 2.47 bits per heavy atom. The smallest absolute Gasteiger partial charge is 0.252 e. The van der Waals surface area contributed by atoms with Gasteiger partial charge in [0, 0.05) is 48.5 Å². The van der Waals surface area contributed by atoms with Crippen LogP contribution in [0.15, 0.2) is 36.5 Å². The lowest BCUT2D eigenvalue weighted by atomic mass is 9.96. The maximum Gasteiger partial charge on any atom is 0.252 e. The number of methoxy groups -OCH3 is 1. The number of benzene rings is 1. The Morgan fingerprint density at radius 1 is 1.12 bits per heavy atom. The molecule has 0 aliphatic carbocycles. The molecule has 2 saturated heterocycles. The fourth-order valence-electron chi connectivity index (χ4n) is 5.18. The Labute approximate surface area is 201 Å². The number of carbonyl (C=O) groups excluding carboxylic acids is 2. The molecule has 0 saturated carbocycles. The molecular weight excluding hydrogens is 430 g/mol. The van der Waals surface area contributed by atoms with Gasteiger partial charge in [0.2, 0.25) is 0 Å². The summed E-state index contributed by atoms with van der Waals surface area (Å²) >= 11 is 0. The van der Waals surface area contributed by atoms with E-state index in [2.05, 4.69) is 20.5 Å². The molecule has 1 aromatic carbocycles. The highest BCUT2D eigenvalue weighted by atomic mass is 16.5. The number of rotatable bonds is 8. The largest absolute Gasteiger partial charge is 0.496 e. The summed E-state index contributed by atoms with van der Waals surface area (Å²) < 4.78 is 5.36. The third-order valence-electron chi connectivity index (χ3n) is 6.94. The number of nitrogens with zero attached hydrogens (tertiary/aromatic N) is 3. The van der Waals surface area contributed by atoms with Crippen LogP contribution in [0.1, 0.15) is 52.0 Å². The topological polar surface area (TPSA) is 86.8 Å². The van der Waals surface area contributed by atoms with E-state index >= 15 is 0 Å². The molecule has 2 bridgehead atoms. The molecule has 182 valence electrons. The number of ether oxygens (including phenoxy) is 1. The van der Waals surface area contributed by atoms with Gasteiger partial charge in [0.1, 0.15) is 11.6 Å². The maximum absolute atomic E-state index is 13.0. The van der Waals surface area contributed by atoms with Crippen LogP contribution in [0.2, 0.25) is 0 Å². The fourth-order valence-corrected chi connectivity index (χ4v) is 5.18. The van der Waals surface area contributed by atoms with E-state index in [1.807, 2.05) is 56.3 Å². The minimum atomic E-state index is -0.0990. The fraction of sp³-hybridized carbons (Fsp3) is 0.500. The van der Waals surface area contributed by atoms with E-state index in [-0.39, 0.29) is 17.9 Å². The van der Waals surface area contributed by atoms with Crippen LogP contribution < -0.4 is 20.3 Å². The minimum absolute atomic E-state index is 0.0444. The summed E-state index contributed by atoms with van der Waals surface area (Å²) in [5.74, 6) is 1.49. The number of carbonyl (C=O) groups is 2. The molecule has 3 heterocycles. The third-order valence-corrected chi connectivity index (χ3v) is 6.94. The van der Waals surface area contributed by atoms with Crippen molar-refractivity contribution in [3.05, 3.63) is 53.2 Å². The summed E-state index contributed by atoms with van der Waals surface area (Å²) in [4.78, 5) is 34.4. The van der Waals surface area contributed by atoms with E-state index < -0.39 is 0 Å². The van der Waals surface area contributed by atoms with Crippen molar-refractivity contribution < 1.29 is 14.3 Å². The van der Waals surface area contributed by atoms with E-state index in [1.165, 1.54) is 0 Å². The first-order valence-electron chi connectivity index (χ1n) is 12.0. The van der Waals surface area contributed by atoms with Gasteiger partial charge in [-0.3, -0.25) is 9.59 Å². The van der Waals surface area contributed by atoms with Crippen LogP contribution in [0.4, 0.5) is 5.82 Å². The Kier molecular flexibility index (Phi) is 7.36. The van der Waals surface area contributed by atoms with Gasteiger partial charge < -0.3 is 25.2 Å². The highest BCUT2D eigenvalue weighted by molar-refractivity contribution is 5.96. The van der Waals surface area contributed by atoms with Gasteiger partial charge in [0.05, 0.1) is 12.7 Å². The molecule has 1 aromatic heterocycles. The molecule has 2 atom stereocenters. The van der Waals surface area contributed by atoms with Gasteiger partial charge in [-0.05, 0) is 71.0 Å². The first kappa shape index (κ1) is 24.0. The number of nitrogens with one attached hydrogen (secondary N) is 2. The number of piperidine rings is 1. The van der Waals surface area contributed by atoms with Crippen molar-refractivity contribution in [1.29, 1.82) is 0 Å². The zero-order valence-corrected chi connectivity index (χ0v) is 20.5. The van der Waals surface area contributed by atoms with E-state index in [4.69, 9.17) is 4.74 Å². The summed E-state index contributed by atoms with van der Waals surface area (Å²) in [6.45, 7) is 3.31. The minimum Gasteiger partial charge on any atom is -0.496 e. The van der Waals surface area contributed by atoms with Gasteiger partial charge in [-0.25, -0.2) is 4.98 Å². The van der Waals surface area contributed by atoms with Crippen molar-refractivity contribution in [1.82, 2.24) is 20.5 Å². The summed E-state index contributed by atoms with van der Waals surface area (Å²) in [6, 6.07) is 10.2. The molecule has 2 N–H and O–H groups in total. The van der Waals surface area contributed by atoms with Crippen molar-refractivity contribution in [3.8, 4) is 5.75 Å². The quantitative estimate of drug-likeness (QED) is 0.623. The predicted molar refractivity (Wildman–Crippen MR) is 133 cm³/mol. The lowest BCUT2D eigenvalue weighted by molar-refractivity contribution is 0.0923. The Morgan fingerprint density at radius 2 is 1.85 bits per heavy atom. The molecule has 2 aromatic rings.